The Morgan fingerprint density at radius 3 is 2.29 bits per heavy atom. The van der Waals surface area contributed by atoms with Gasteiger partial charge in [-0.1, -0.05) is 30.3 Å². The number of rotatable bonds is 2. The van der Waals surface area contributed by atoms with Gasteiger partial charge in [0.05, 0.1) is 5.56 Å². The highest BCUT2D eigenvalue weighted by molar-refractivity contribution is 5.94. The van der Waals surface area contributed by atoms with Crippen LogP contribution >= 0.6 is 0 Å². The first-order valence-corrected chi connectivity index (χ1v) is 7.27. The largest absolute Gasteiger partial charge is 0.619 e. The topological polar surface area (TPSA) is 47.2 Å². The zero-order valence-corrected chi connectivity index (χ0v) is 11.8. The maximum atomic E-state index is 12.4. The van der Waals surface area contributed by atoms with Crippen LogP contribution in [0.5, 0.6) is 0 Å². The number of amides is 1. The molecule has 2 aromatic rings. The van der Waals surface area contributed by atoms with Crippen LogP contribution in [0.3, 0.4) is 0 Å². The first kappa shape index (κ1) is 13.6. The van der Waals surface area contributed by atoms with Crippen molar-refractivity contribution in [2.24, 2.45) is 0 Å². The van der Waals surface area contributed by atoms with E-state index < -0.39 is 0 Å². The Bertz CT molecular complexity index is 602. The van der Waals surface area contributed by atoms with E-state index in [0.29, 0.717) is 16.2 Å². The SMILES string of the molecule is O=C(c1cc[n+]([O-])cc1)N1CCC(c2ccccc2)CC1. The molecule has 3 rings (SSSR count). The van der Waals surface area contributed by atoms with E-state index in [1.165, 1.54) is 18.0 Å². The van der Waals surface area contributed by atoms with Gasteiger partial charge in [0.2, 0.25) is 0 Å². The summed E-state index contributed by atoms with van der Waals surface area (Å²) in [6.45, 7) is 1.54. The van der Waals surface area contributed by atoms with E-state index in [9.17, 15) is 10.0 Å². The fourth-order valence-electron chi connectivity index (χ4n) is 2.88. The summed E-state index contributed by atoms with van der Waals surface area (Å²) >= 11 is 0. The first-order chi connectivity index (χ1) is 10.2. The van der Waals surface area contributed by atoms with Crippen molar-refractivity contribution in [1.82, 2.24) is 4.90 Å². The molecular weight excluding hydrogens is 264 g/mol. The van der Waals surface area contributed by atoms with Crippen LogP contribution in [-0.4, -0.2) is 23.9 Å². The number of likely N-dealkylation sites (tertiary alicyclic amines) is 1. The minimum atomic E-state index is 0.0158. The van der Waals surface area contributed by atoms with Crippen LogP contribution in [0.1, 0.15) is 34.7 Å². The second kappa shape index (κ2) is 5.95. The van der Waals surface area contributed by atoms with E-state index in [-0.39, 0.29) is 5.91 Å². The van der Waals surface area contributed by atoms with Gasteiger partial charge in [0.25, 0.3) is 5.91 Å². The van der Waals surface area contributed by atoms with Gasteiger partial charge in [-0.05, 0) is 24.3 Å². The summed E-state index contributed by atoms with van der Waals surface area (Å²) in [6.07, 6.45) is 4.71. The van der Waals surface area contributed by atoms with E-state index in [0.717, 1.165) is 25.9 Å². The maximum absolute atomic E-state index is 12.4. The van der Waals surface area contributed by atoms with Crippen molar-refractivity contribution in [3.05, 3.63) is 71.2 Å². The van der Waals surface area contributed by atoms with Gasteiger partial charge in [-0.2, -0.15) is 4.73 Å². The van der Waals surface area contributed by atoms with Crippen molar-refractivity contribution in [1.29, 1.82) is 0 Å². The number of hydrogen-bond acceptors (Lipinski definition) is 2. The molecule has 21 heavy (non-hydrogen) atoms. The molecule has 1 aromatic heterocycles. The molecule has 2 heterocycles. The molecule has 1 aliphatic heterocycles. The Kier molecular flexibility index (Phi) is 3.86. The van der Waals surface area contributed by atoms with Crippen molar-refractivity contribution in [3.8, 4) is 0 Å². The molecular formula is C17H18N2O2. The standard InChI is InChI=1S/C17H18N2O2/c20-17(16-8-12-19(21)13-9-16)18-10-6-15(7-11-18)14-4-2-1-3-5-14/h1-5,8-9,12-13,15H,6-7,10-11H2. The number of carbonyl (C=O) groups excluding carboxylic acids is 1. The highest BCUT2D eigenvalue weighted by Crippen LogP contribution is 2.28. The number of hydrogen-bond donors (Lipinski definition) is 0. The molecule has 1 saturated heterocycles. The molecule has 108 valence electrons. The minimum absolute atomic E-state index is 0.0158. The molecule has 0 aliphatic carbocycles. The Morgan fingerprint density at radius 2 is 1.67 bits per heavy atom. The molecule has 0 saturated carbocycles. The fourth-order valence-corrected chi connectivity index (χ4v) is 2.88. The molecule has 1 amide bonds. The summed E-state index contributed by atoms with van der Waals surface area (Å²) in [5.74, 6) is 0.553. The summed E-state index contributed by atoms with van der Waals surface area (Å²) in [5.41, 5.74) is 1.94. The Hall–Kier alpha value is -2.36. The Morgan fingerprint density at radius 1 is 1.05 bits per heavy atom. The Balaban J connectivity index is 1.63. The minimum Gasteiger partial charge on any atom is -0.619 e. The quantitative estimate of drug-likeness (QED) is 0.627. The lowest BCUT2D eigenvalue weighted by Gasteiger charge is -2.32. The van der Waals surface area contributed by atoms with Gasteiger partial charge in [-0.15, -0.1) is 0 Å². The van der Waals surface area contributed by atoms with Crippen molar-refractivity contribution in [2.45, 2.75) is 18.8 Å². The van der Waals surface area contributed by atoms with Crippen LogP contribution in [-0.2, 0) is 0 Å². The highest BCUT2D eigenvalue weighted by Gasteiger charge is 2.24. The fraction of sp³-hybridized carbons (Fsp3) is 0.294. The number of nitrogens with zero attached hydrogens (tertiary/aromatic N) is 2. The zero-order chi connectivity index (χ0) is 14.7. The average Bonchev–Trinajstić information content (AvgIpc) is 2.56. The average molecular weight is 282 g/mol. The molecule has 1 aliphatic rings. The van der Waals surface area contributed by atoms with Crippen LogP contribution in [0.4, 0.5) is 0 Å². The molecule has 0 bridgehead atoms. The van der Waals surface area contributed by atoms with E-state index >= 15 is 0 Å². The number of carbonyl (C=O) groups is 1. The van der Waals surface area contributed by atoms with Gasteiger partial charge in [-0.25, -0.2) is 0 Å². The number of piperidine rings is 1. The first-order valence-electron chi connectivity index (χ1n) is 7.27. The molecule has 0 spiro atoms. The van der Waals surface area contributed by atoms with Crippen molar-refractivity contribution in [3.63, 3.8) is 0 Å². The summed E-state index contributed by atoms with van der Waals surface area (Å²) < 4.78 is 0.693. The lowest BCUT2D eigenvalue weighted by molar-refractivity contribution is -0.605. The van der Waals surface area contributed by atoms with Crippen LogP contribution in [0, 0.1) is 5.21 Å². The maximum Gasteiger partial charge on any atom is 0.254 e. The summed E-state index contributed by atoms with van der Waals surface area (Å²) in [7, 11) is 0. The predicted octanol–water partition coefficient (Wildman–Crippen LogP) is 2.34. The number of aromatic nitrogens is 1. The molecule has 0 radical (unpaired) electrons. The Labute approximate surface area is 124 Å². The highest BCUT2D eigenvalue weighted by atomic mass is 16.5. The second-order valence-corrected chi connectivity index (χ2v) is 5.42. The molecule has 4 heteroatoms. The third kappa shape index (κ3) is 3.05. The molecule has 4 nitrogen and oxygen atoms in total. The van der Waals surface area contributed by atoms with Gasteiger partial charge in [0.15, 0.2) is 12.4 Å². The molecule has 0 atom stereocenters. The predicted molar refractivity (Wildman–Crippen MR) is 79.7 cm³/mol. The van der Waals surface area contributed by atoms with Gasteiger partial charge in [-0.3, -0.25) is 4.79 Å². The van der Waals surface area contributed by atoms with E-state index in [1.54, 1.807) is 12.1 Å². The van der Waals surface area contributed by atoms with Crippen molar-refractivity contribution < 1.29 is 9.52 Å². The third-order valence-electron chi connectivity index (χ3n) is 4.10. The number of pyridine rings is 1. The van der Waals surface area contributed by atoms with Gasteiger partial charge >= 0.3 is 0 Å². The normalized spacial score (nSPS) is 15.9. The van der Waals surface area contributed by atoms with Crippen LogP contribution in [0.25, 0.3) is 0 Å². The smallest absolute Gasteiger partial charge is 0.254 e. The van der Waals surface area contributed by atoms with E-state index in [1.807, 2.05) is 11.0 Å². The van der Waals surface area contributed by atoms with Crippen molar-refractivity contribution >= 4 is 5.91 Å². The zero-order valence-electron chi connectivity index (χ0n) is 11.8. The molecule has 0 unspecified atom stereocenters. The summed E-state index contributed by atoms with van der Waals surface area (Å²) in [6, 6.07) is 13.6. The van der Waals surface area contributed by atoms with Gasteiger partial charge in [0.1, 0.15) is 0 Å². The lowest BCUT2D eigenvalue weighted by atomic mass is 9.89. The van der Waals surface area contributed by atoms with Gasteiger partial charge < -0.3 is 10.1 Å². The molecule has 1 fully saturated rings. The molecule has 1 aromatic carbocycles. The van der Waals surface area contributed by atoms with E-state index in [4.69, 9.17) is 0 Å². The van der Waals surface area contributed by atoms with Crippen LogP contribution in [0.15, 0.2) is 54.9 Å². The number of benzene rings is 1. The van der Waals surface area contributed by atoms with Crippen molar-refractivity contribution in [2.75, 3.05) is 13.1 Å². The lowest BCUT2D eigenvalue weighted by Crippen LogP contribution is -2.38. The molecule has 0 N–H and O–H groups in total. The summed E-state index contributed by atoms with van der Waals surface area (Å²) in [5, 5.41) is 11.0. The van der Waals surface area contributed by atoms with Gasteiger partial charge in [0, 0.05) is 25.2 Å². The third-order valence-corrected chi connectivity index (χ3v) is 4.10. The summed E-state index contributed by atoms with van der Waals surface area (Å²) in [4.78, 5) is 14.2. The van der Waals surface area contributed by atoms with Crippen LogP contribution < -0.4 is 4.73 Å². The van der Waals surface area contributed by atoms with Crippen LogP contribution in [0.2, 0.25) is 0 Å². The monoisotopic (exact) mass is 282 g/mol. The second-order valence-electron chi connectivity index (χ2n) is 5.42. The van der Waals surface area contributed by atoms with E-state index in [2.05, 4.69) is 24.3 Å².